The molecule has 0 saturated heterocycles. The Balaban J connectivity index is 2.27. The molecule has 5 heteroatoms. The summed E-state index contributed by atoms with van der Waals surface area (Å²) in [6, 6.07) is 8.95. The molecular weight excluding hydrogens is 220 g/mol. The van der Waals surface area contributed by atoms with Gasteiger partial charge in [-0.3, -0.25) is 0 Å². The lowest BCUT2D eigenvalue weighted by Gasteiger charge is -2.16. The summed E-state index contributed by atoms with van der Waals surface area (Å²) >= 11 is 0. The summed E-state index contributed by atoms with van der Waals surface area (Å²) in [4.78, 5) is 13.1. The van der Waals surface area contributed by atoms with Crippen molar-refractivity contribution in [3.63, 3.8) is 0 Å². The van der Waals surface area contributed by atoms with Gasteiger partial charge in [-0.2, -0.15) is 0 Å². The second-order valence-corrected chi connectivity index (χ2v) is 3.50. The van der Waals surface area contributed by atoms with Crippen LogP contribution < -0.4 is 10.5 Å². The maximum atomic E-state index is 11.6. The third-order valence-corrected chi connectivity index (χ3v) is 2.09. The van der Waals surface area contributed by atoms with Gasteiger partial charge in [-0.25, -0.2) is 4.79 Å². The molecule has 17 heavy (non-hydrogen) atoms. The zero-order valence-electron chi connectivity index (χ0n) is 9.96. The molecule has 1 amide bonds. The number of nitrogens with two attached hydrogens (primary N) is 1. The van der Waals surface area contributed by atoms with Crippen molar-refractivity contribution < 1.29 is 14.3 Å². The number of hydrogen-bond acceptors (Lipinski definition) is 4. The summed E-state index contributed by atoms with van der Waals surface area (Å²) in [7, 11) is 1.66. The molecule has 0 spiro atoms. The third kappa shape index (κ3) is 5.33. The van der Waals surface area contributed by atoms with Crippen molar-refractivity contribution in [2.75, 3.05) is 33.4 Å². The first kappa shape index (κ1) is 13.5. The number of ether oxygens (including phenoxy) is 2. The molecule has 0 bridgehead atoms. The Kier molecular flexibility index (Phi) is 6.06. The Hall–Kier alpha value is -1.59. The molecule has 0 atom stereocenters. The number of para-hydroxylation sites is 1. The van der Waals surface area contributed by atoms with Crippen LogP contribution in [0.4, 0.5) is 4.79 Å². The first-order valence-corrected chi connectivity index (χ1v) is 5.50. The average molecular weight is 238 g/mol. The Bertz CT molecular complexity index is 330. The monoisotopic (exact) mass is 238 g/mol. The molecule has 0 heterocycles. The van der Waals surface area contributed by atoms with E-state index in [1.54, 1.807) is 19.2 Å². The van der Waals surface area contributed by atoms with Gasteiger partial charge in [0.2, 0.25) is 0 Å². The van der Waals surface area contributed by atoms with Gasteiger partial charge < -0.3 is 20.1 Å². The van der Waals surface area contributed by atoms with Crippen LogP contribution in [0.2, 0.25) is 0 Å². The highest BCUT2D eigenvalue weighted by molar-refractivity contribution is 5.70. The summed E-state index contributed by atoms with van der Waals surface area (Å²) in [6.45, 7) is 1.92. The van der Waals surface area contributed by atoms with E-state index in [0.29, 0.717) is 32.1 Å². The Morgan fingerprint density at radius 1 is 1.29 bits per heavy atom. The standard InChI is InChI=1S/C12H18N2O3/c1-14(8-10-16-9-7-13)12(15)17-11-5-3-2-4-6-11/h2-6H,7-10,13H2,1H3. The largest absolute Gasteiger partial charge is 0.415 e. The van der Waals surface area contributed by atoms with E-state index in [2.05, 4.69) is 0 Å². The predicted molar refractivity (Wildman–Crippen MR) is 65.0 cm³/mol. The summed E-state index contributed by atoms with van der Waals surface area (Å²) < 4.78 is 10.3. The topological polar surface area (TPSA) is 64.8 Å². The zero-order chi connectivity index (χ0) is 12.5. The first-order chi connectivity index (χ1) is 8.24. The van der Waals surface area contributed by atoms with Gasteiger partial charge in [0.1, 0.15) is 5.75 Å². The second kappa shape index (κ2) is 7.65. The van der Waals surface area contributed by atoms with Crippen LogP contribution in [0.1, 0.15) is 0 Å². The minimum Gasteiger partial charge on any atom is -0.410 e. The first-order valence-electron chi connectivity index (χ1n) is 5.50. The lowest BCUT2D eigenvalue weighted by atomic mass is 10.3. The lowest BCUT2D eigenvalue weighted by Crippen LogP contribution is -2.33. The number of amides is 1. The molecule has 0 aliphatic rings. The zero-order valence-corrected chi connectivity index (χ0v) is 9.96. The van der Waals surface area contributed by atoms with E-state index in [-0.39, 0.29) is 0 Å². The molecule has 0 fully saturated rings. The molecule has 5 nitrogen and oxygen atoms in total. The molecule has 0 aliphatic carbocycles. The molecule has 0 aliphatic heterocycles. The summed E-state index contributed by atoms with van der Waals surface area (Å²) in [6.07, 6.45) is -0.396. The average Bonchev–Trinajstić information content (AvgIpc) is 2.35. The van der Waals surface area contributed by atoms with E-state index in [1.165, 1.54) is 4.90 Å². The fourth-order valence-corrected chi connectivity index (χ4v) is 1.15. The maximum absolute atomic E-state index is 11.6. The number of nitrogens with zero attached hydrogens (tertiary/aromatic N) is 1. The molecule has 2 N–H and O–H groups in total. The van der Waals surface area contributed by atoms with Crippen molar-refractivity contribution >= 4 is 6.09 Å². The van der Waals surface area contributed by atoms with Crippen molar-refractivity contribution in [1.29, 1.82) is 0 Å². The van der Waals surface area contributed by atoms with Crippen molar-refractivity contribution in [2.24, 2.45) is 5.73 Å². The van der Waals surface area contributed by atoms with E-state index < -0.39 is 6.09 Å². The van der Waals surface area contributed by atoms with E-state index in [1.807, 2.05) is 18.2 Å². The maximum Gasteiger partial charge on any atom is 0.415 e. The van der Waals surface area contributed by atoms with Crippen molar-refractivity contribution in [1.82, 2.24) is 4.90 Å². The number of carbonyl (C=O) groups excluding carboxylic acids is 1. The molecule has 1 rings (SSSR count). The van der Waals surface area contributed by atoms with Gasteiger partial charge in [0.05, 0.1) is 13.2 Å². The van der Waals surface area contributed by atoms with Crippen LogP contribution >= 0.6 is 0 Å². The van der Waals surface area contributed by atoms with Crippen LogP contribution in [0.15, 0.2) is 30.3 Å². The molecule has 0 saturated carbocycles. The summed E-state index contributed by atoms with van der Waals surface area (Å²) in [5, 5.41) is 0. The second-order valence-electron chi connectivity index (χ2n) is 3.50. The van der Waals surface area contributed by atoms with Gasteiger partial charge in [-0.05, 0) is 12.1 Å². The minimum atomic E-state index is -0.396. The number of benzene rings is 1. The third-order valence-electron chi connectivity index (χ3n) is 2.09. The fraction of sp³-hybridized carbons (Fsp3) is 0.417. The van der Waals surface area contributed by atoms with Gasteiger partial charge >= 0.3 is 6.09 Å². The van der Waals surface area contributed by atoms with Crippen molar-refractivity contribution in [3.05, 3.63) is 30.3 Å². The smallest absolute Gasteiger partial charge is 0.410 e. The van der Waals surface area contributed by atoms with Crippen LogP contribution in [0, 0.1) is 0 Å². The SMILES string of the molecule is CN(CCOCCN)C(=O)Oc1ccccc1. The Labute approximate surface area is 101 Å². The molecular formula is C12H18N2O3. The minimum absolute atomic E-state index is 0.396. The van der Waals surface area contributed by atoms with Gasteiger partial charge in [-0.1, -0.05) is 18.2 Å². The highest BCUT2D eigenvalue weighted by Crippen LogP contribution is 2.09. The van der Waals surface area contributed by atoms with Gasteiger partial charge in [0.25, 0.3) is 0 Å². The fourth-order valence-electron chi connectivity index (χ4n) is 1.15. The van der Waals surface area contributed by atoms with E-state index in [0.717, 1.165) is 0 Å². The van der Waals surface area contributed by atoms with Gasteiger partial charge in [0, 0.05) is 20.1 Å². The summed E-state index contributed by atoms with van der Waals surface area (Å²) in [5.41, 5.74) is 5.28. The molecule has 1 aromatic carbocycles. The van der Waals surface area contributed by atoms with E-state index >= 15 is 0 Å². The van der Waals surface area contributed by atoms with Gasteiger partial charge in [0.15, 0.2) is 0 Å². The number of carbonyl (C=O) groups is 1. The molecule has 0 radical (unpaired) electrons. The van der Waals surface area contributed by atoms with Gasteiger partial charge in [-0.15, -0.1) is 0 Å². The van der Waals surface area contributed by atoms with Crippen LogP contribution in [0.3, 0.4) is 0 Å². The van der Waals surface area contributed by atoms with Crippen LogP contribution in [-0.4, -0.2) is 44.3 Å². The Morgan fingerprint density at radius 2 is 2.00 bits per heavy atom. The Morgan fingerprint density at radius 3 is 2.65 bits per heavy atom. The molecule has 1 aromatic rings. The predicted octanol–water partition coefficient (Wildman–Crippen LogP) is 1.09. The highest BCUT2D eigenvalue weighted by atomic mass is 16.6. The van der Waals surface area contributed by atoms with Crippen LogP contribution in [0.25, 0.3) is 0 Å². The van der Waals surface area contributed by atoms with E-state index in [4.69, 9.17) is 15.2 Å². The normalized spacial score (nSPS) is 10.0. The molecule has 0 aromatic heterocycles. The number of hydrogen-bond donors (Lipinski definition) is 1. The van der Waals surface area contributed by atoms with Crippen LogP contribution in [-0.2, 0) is 4.74 Å². The van der Waals surface area contributed by atoms with Crippen molar-refractivity contribution in [3.8, 4) is 5.75 Å². The molecule has 0 unspecified atom stereocenters. The van der Waals surface area contributed by atoms with Crippen molar-refractivity contribution in [2.45, 2.75) is 0 Å². The molecule has 94 valence electrons. The lowest BCUT2D eigenvalue weighted by molar-refractivity contribution is 0.109. The highest BCUT2D eigenvalue weighted by Gasteiger charge is 2.10. The van der Waals surface area contributed by atoms with Crippen LogP contribution in [0.5, 0.6) is 5.75 Å². The summed E-state index contributed by atoms with van der Waals surface area (Å²) in [5.74, 6) is 0.534. The quantitative estimate of drug-likeness (QED) is 0.753. The van der Waals surface area contributed by atoms with E-state index in [9.17, 15) is 4.79 Å². The number of likely N-dealkylation sites (N-methyl/N-ethyl adjacent to an activating group) is 1. The number of rotatable bonds is 6.